The van der Waals surface area contributed by atoms with Crippen LogP contribution >= 0.6 is 0 Å². The number of nitrogens with zero attached hydrogens (tertiary/aromatic N) is 2. The van der Waals surface area contributed by atoms with Crippen molar-refractivity contribution in [2.75, 3.05) is 25.1 Å². The molecule has 1 aromatic rings. The minimum atomic E-state index is -0.316. The predicted molar refractivity (Wildman–Crippen MR) is 76.7 cm³/mol. The van der Waals surface area contributed by atoms with Crippen molar-refractivity contribution in [1.82, 2.24) is 15.3 Å². The summed E-state index contributed by atoms with van der Waals surface area (Å²) in [6.45, 7) is 6.19. The number of aromatic nitrogens is 2. The molecule has 0 bridgehead atoms. The molecule has 0 saturated carbocycles. The fourth-order valence-electron chi connectivity index (χ4n) is 2.18. The first-order valence-electron chi connectivity index (χ1n) is 7.09. The van der Waals surface area contributed by atoms with E-state index in [1.54, 1.807) is 6.20 Å². The second kappa shape index (κ2) is 6.65. The molecule has 1 aliphatic rings. The van der Waals surface area contributed by atoms with Crippen LogP contribution in [0.5, 0.6) is 0 Å². The van der Waals surface area contributed by atoms with Gasteiger partial charge in [-0.25, -0.2) is 4.98 Å². The standard InChI is InChI=1S/C14H22N4O2/c1-3-6-16-12-9-15-8-11(17-12)13(19)18-14(2)5-4-7-20-10-14/h8-9H,3-7,10H2,1-2H3,(H,16,17)(H,18,19). The van der Waals surface area contributed by atoms with Crippen LogP contribution < -0.4 is 10.6 Å². The smallest absolute Gasteiger partial charge is 0.272 e. The molecule has 2 rings (SSSR count). The molecule has 1 saturated heterocycles. The van der Waals surface area contributed by atoms with Crippen LogP contribution in [-0.4, -0.2) is 41.2 Å². The number of hydrogen-bond acceptors (Lipinski definition) is 5. The third-order valence-corrected chi connectivity index (χ3v) is 3.28. The summed E-state index contributed by atoms with van der Waals surface area (Å²) in [7, 11) is 0. The molecule has 6 heteroatoms. The molecule has 2 N–H and O–H groups in total. The van der Waals surface area contributed by atoms with E-state index in [1.807, 2.05) is 6.92 Å². The molecule has 0 aliphatic carbocycles. The number of hydrogen-bond donors (Lipinski definition) is 2. The third kappa shape index (κ3) is 3.90. The number of ether oxygens (including phenoxy) is 1. The molecular weight excluding hydrogens is 256 g/mol. The van der Waals surface area contributed by atoms with Crippen molar-refractivity contribution in [2.24, 2.45) is 0 Å². The van der Waals surface area contributed by atoms with Gasteiger partial charge in [0, 0.05) is 13.2 Å². The highest BCUT2D eigenvalue weighted by Gasteiger charge is 2.30. The number of rotatable bonds is 5. The normalized spacial score (nSPS) is 22.3. The second-order valence-corrected chi connectivity index (χ2v) is 5.39. The van der Waals surface area contributed by atoms with Crippen molar-refractivity contribution in [3.05, 3.63) is 18.1 Å². The van der Waals surface area contributed by atoms with Gasteiger partial charge >= 0.3 is 0 Å². The second-order valence-electron chi connectivity index (χ2n) is 5.39. The van der Waals surface area contributed by atoms with E-state index in [0.29, 0.717) is 18.1 Å². The lowest BCUT2D eigenvalue weighted by Crippen LogP contribution is -2.51. The van der Waals surface area contributed by atoms with Crippen molar-refractivity contribution in [1.29, 1.82) is 0 Å². The number of amides is 1. The fraction of sp³-hybridized carbons (Fsp3) is 0.643. The molecule has 20 heavy (non-hydrogen) atoms. The summed E-state index contributed by atoms with van der Waals surface area (Å²) in [4.78, 5) is 20.6. The maximum atomic E-state index is 12.2. The Hall–Kier alpha value is -1.69. The molecule has 1 fully saturated rings. The number of nitrogens with one attached hydrogen (secondary N) is 2. The Balaban J connectivity index is 2.01. The molecule has 1 atom stereocenters. The zero-order chi connectivity index (χ0) is 14.4. The van der Waals surface area contributed by atoms with E-state index in [9.17, 15) is 4.79 Å². The lowest BCUT2D eigenvalue weighted by molar-refractivity contribution is 0.0271. The number of carbonyl (C=O) groups is 1. The van der Waals surface area contributed by atoms with Crippen LogP contribution in [-0.2, 0) is 4.74 Å². The van der Waals surface area contributed by atoms with Crippen molar-refractivity contribution in [3.8, 4) is 0 Å². The summed E-state index contributed by atoms with van der Waals surface area (Å²) >= 11 is 0. The molecule has 0 radical (unpaired) electrons. The van der Waals surface area contributed by atoms with Crippen LogP contribution in [0.1, 0.15) is 43.6 Å². The Morgan fingerprint density at radius 1 is 1.50 bits per heavy atom. The SMILES string of the molecule is CCCNc1cncc(C(=O)NC2(C)CCCOC2)n1. The highest BCUT2D eigenvalue weighted by Crippen LogP contribution is 2.18. The summed E-state index contributed by atoms with van der Waals surface area (Å²) in [6, 6.07) is 0. The first kappa shape index (κ1) is 14.7. The Morgan fingerprint density at radius 2 is 2.35 bits per heavy atom. The van der Waals surface area contributed by atoms with Crippen molar-refractivity contribution >= 4 is 11.7 Å². The van der Waals surface area contributed by atoms with Gasteiger partial charge in [0.15, 0.2) is 0 Å². The van der Waals surface area contributed by atoms with Crippen molar-refractivity contribution in [3.63, 3.8) is 0 Å². The van der Waals surface area contributed by atoms with Gasteiger partial charge in [-0.1, -0.05) is 6.92 Å². The fourth-order valence-corrected chi connectivity index (χ4v) is 2.18. The van der Waals surface area contributed by atoms with E-state index in [0.717, 1.165) is 32.4 Å². The van der Waals surface area contributed by atoms with Gasteiger partial charge in [0.1, 0.15) is 11.5 Å². The average Bonchev–Trinajstić information content (AvgIpc) is 2.45. The van der Waals surface area contributed by atoms with Crippen LogP contribution in [0.25, 0.3) is 0 Å². The van der Waals surface area contributed by atoms with Crippen LogP contribution in [0.4, 0.5) is 5.82 Å². The van der Waals surface area contributed by atoms with Crippen LogP contribution in [0.3, 0.4) is 0 Å². The Morgan fingerprint density at radius 3 is 3.05 bits per heavy atom. The molecule has 110 valence electrons. The van der Waals surface area contributed by atoms with Gasteiger partial charge in [0.25, 0.3) is 5.91 Å². The van der Waals surface area contributed by atoms with Gasteiger partial charge in [-0.15, -0.1) is 0 Å². The lowest BCUT2D eigenvalue weighted by atomic mass is 9.95. The molecule has 1 aromatic heterocycles. The summed E-state index contributed by atoms with van der Waals surface area (Å²) in [5.74, 6) is 0.426. The molecular formula is C14H22N4O2. The molecule has 1 aliphatic heterocycles. The van der Waals surface area contributed by atoms with Gasteiger partial charge in [0.05, 0.1) is 24.5 Å². The molecule has 0 aromatic carbocycles. The van der Waals surface area contributed by atoms with E-state index in [1.165, 1.54) is 6.20 Å². The quantitative estimate of drug-likeness (QED) is 0.855. The minimum Gasteiger partial charge on any atom is -0.379 e. The molecule has 1 amide bonds. The van der Waals surface area contributed by atoms with Gasteiger partial charge in [0.2, 0.25) is 0 Å². The van der Waals surface area contributed by atoms with E-state index in [2.05, 4.69) is 27.5 Å². The molecule has 1 unspecified atom stereocenters. The largest absolute Gasteiger partial charge is 0.379 e. The van der Waals surface area contributed by atoms with Crippen molar-refractivity contribution in [2.45, 2.75) is 38.6 Å². The highest BCUT2D eigenvalue weighted by molar-refractivity contribution is 5.92. The molecule has 6 nitrogen and oxygen atoms in total. The minimum absolute atomic E-state index is 0.203. The van der Waals surface area contributed by atoms with E-state index in [4.69, 9.17) is 4.74 Å². The van der Waals surface area contributed by atoms with Crippen LogP contribution in [0, 0.1) is 0 Å². The van der Waals surface area contributed by atoms with Gasteiger partial charge in [-0.3, -0.25) is 9.78 Å². The molecule has 0 spiro atoms. The maximum Gasteiger partial charge on any atom is 0.272 e. The van der Waals surface area contributed by atoms with Gasteiger partial charge in [-0.05, 0) is 26.2 Å². The summed E-state index contributed by atoms with van der Waals surface area (Å²) in [5.41, 5.74) is 0.0158. The Bertz CT molecular complexity index is 458. The van der Waals surface area contributed by atoms with Gasteiger partial charge < -0.3 is 15.4 Å². The lowest BCUT2D eigenvalue weighted by Gasteiger charge is -2.34. The third-order valence-electron chi connectivity index (χ3n) is 3.28. The van der Waals surface area contributed by atoms with E-state index in [-0.39, 0.29) is 11.4 Å². The molecule has 2 heterocycles. The van der Waals surface area contributed by atoms with E-state index < -0.39 is 0 Å². The number of anilines is 1. The zero-order valence-electron chi connectivity index (χ0n) is 12.1. The van der Waals surface area contributed by atoms with Crippen LogP contribution in [0.2, 0.25) is 0 Å². The Kier molecular flexibility index (Phi) is 4.89. The maximum absolute atomic E-state index is 12.2. The van der Waals surface area contributed by atoms with Crippen molar-refractivity contribution < 1.29 is 9.53 Å². The van der Waals surface area contributed by atoms with E-state index >= 15 is 0 Å². The summed E-state index contributed by atoms with van der Waals surface area (Å²) in [5, 5.41) is 6.13. The summed E-state index contributed by atoms with van der Waals surface area (Å²) < 4.78 is 5.44. The summed E-state index contributed by atoms with van der Waals surface area (Å²) in [6.07, 6.45) is 5.98. The zero-order valence-corrected chi connectivity index (χ0v) is 12.1. The Labute approximate surface area is 119 Å². The van der Waals surface area contributed by atoms with Gasteiger partial charge in [-0.2, -0.15) is 0 Å². The first-order valence-corrected chi connectivity index (χ1v) is 7.09. The average molecular weight is 278 g/mol. The monoisotopic (exact) mass is 278 g/mol. The van der Waals surface area contributed by atoms with Crippen LogP contribution in [0.15, 0.2) is 12.4 Å². The topological polar surface area (TPSA) is 76.1 Å². The first-order chi connectivity index (χ1) is 9.63. The predicted octanol–water partition coefficient (Wildman–Crippen LogP) is 1.60. The highest BCUT2D eigenvalue weighted by atomic mass is 16.5. The number of carbonyl (C=O) groups excluding carboxylic acids is 1.